The summed E-state index contributed by atoms with van der Waals surface area (Å²) in [4.78, 5) is 15.1. The molecule has 19 heavy (non-hydrogen) atoms. The lowest BCUT2D eigenvalue weighted by atomic mass is 10.1. The highest BCUT2D eigenvalue weighted by Crippen LogP contribution is 2.34. The van der Waals surface area contributed by atoms with Gasteiger partial charge in [0, 0.05) is 23.5 Å². The number of carbonyl (C=O) groups is 1. The van der Waals surface area contributed by atoms with Crippen LogP contribution in [-0.2, 0) is 11.2 Å². The van der Waals surface area contributed by atoms with Gasteiger partial charge in [0.1, 0.15) is 0 Å². The molecule has 0 bridgehead atoms. The van der Waals surface area contributed by atoms with E-state index in [0.29, 0.717) is 6.42 Å². The van der Waals surface area contributed by atoms with Crippen molar-refractivity contribution in [1.82, 2.24) is 10.3 Å². The Kier molecular flexibility index (Phi) is 3.03. The molecular formula is C15H18N2O2. The van der Waals surface area contributed by atoms with Gasteiger partial charge < -0.3 is 15.4 Å². The summed E-state index contributed by atoms with van der Waals surface area (Å²) in [6, 6.07) is 8.09. The largest absolute Gasteiger partial charge is 0.394 e. The first-order valence-corrected chi connectivity index (χ1v) is 6.69. The van der Waals surface area contributed by atoms with Crippen molar-refractivity contribution in [3.8, 4) is 0 Å². The van der Waals surface area contributed by atoms with Gasteiger partial charge in [0.2, 0.25) is 5.91 Å². The molecule has 2 aromatic rings. The predicted octanol–water partition coefficient (Wildman–Crippen LogP) is 1.74. The van der Waals surface area contributed by atoms with E-state index >= 15 is 0 Å². The minimum atomic E-state index is -0.308. The zero-order chi connectivity index (χ0) is 13.3. The third-order valence-corrected chi connectivity index (χ3v) is 3.86. The molecule has 1 aliphatic carbocycles. The average Bonchev–Trinajstić information content (AvgIpc) is 3.08. The second-order valence-electron chi connectivity index (χ2n) is 5.35. The Morgan fingerprint density at radius 1 is 1.37 bits per heavy atom. The molecule has 1 aromatic heterocycles. The number of hydrogen-bond donors (Lipinski definition) is 3. The van der Waals surface area contributed by atoms with Gasteiger partial charge >= 0.3 is 0 Å². The molecule has 1 aromatic carbocycles. The molecule has 0 spiro atoms. The highest BCUT2D eigenvalue weighted by Gasteiger charge is 2.43. The van der Waals surface area contributed by atoms with Gasteiger partial charge in [0.05, 0.1) is 12.1 Å². The maximum atomic E-state index is 11.9. The zero-order valence-corrected chi connectivity index (χ0v) is 10.8. The Bertz CT molecular complexity index is 599. The molecule has 4 nitrogen and oxygen atoms in total. The summed E-state index contributed by atoms with van der Waals surface area (Å²) in [5, 5.41) is 13.3. The monoisotopic (exact) mass is 258 g/mol. The predicted molar refractivity (Wildman–Crippen MR) is 73.8 cm³/mol. The number of aryl methyl sites for hydroxylation is 1. The Morgan fingerprint density at radius 3 is 2.89 bits per heavy atom. The van der Waals surface area contributed by atoms with Crippen molar-refractivity contribution in [3.05, 3.63) is 36.0 Å². The number of nitrogens with one attached hydrogen (secondary N) is 2. The normalized spacial score (nSPS) is 16.5. The van der Waals surface area contributed by atoms with Crippen LogP contribution < -0.4 is 5.32 Å². The molecule has 3 rings (SSSR count). The molecule has 0 saturated heterocycles. The molecule has 0 unspecified atom stereocenters. The number of carbonyl (C=O) groups excluding carboxylic acids is 1. The van der Waals surface area contributed by atoms with Crippen molar-refractivity contribution in [3.63, 3.8) is 0 Å². The summed E-state index contributed by atoms with van der Waals surface area (Å²) >= 11 is 0. The zero-order valence-electron chi connectivity index (χ0n) is 10.8. The van der Waals surface area contributed by atoms with Crippen LogP contribution in [0.4, 0.5) is 0 Å². The van der Waals surface area contributed by atoms with Crippen LogP contribution in [0.25, 0.3) is 10.9 Å². The van der Waals surface area contributed by atoms with Gasteiger partial charge in [0.25, 0.3) is 0 Å². The summed E-state index contributed by atoms with van der Waals surface area (Å²) < 4.78 is 0. The summed E-state index contributed by atoms with van der Waals surface area (Å²) in [5.74, 6) is 0.0248. The minimum absolute atomic E-state index is 0.0248. The van der Waals surface area contributed by atoms with Crippen LogP contribution in [0.3, 0.4) is 0 Å². The van der Waals surface area contributed by atoms with Gasteiger partial charge in [-0.05, 0) is 30.9 Å². The maximum absolute atomic E-state index is 11.9. The molecule has 0 radical (unpaired) electrons. The first-order valence-electron chi connectivity index (χ1n) is 6.69. The first-order chi connectivity index (χ1) is 9.22. The lowest BCUT2D eigenvalue weighted by Crippen LogP contribution is -2.39. The molecule has 1 fully saturated rings. The van der Waals surface area contributed by atoms with Gasteiger partial charge in [-0.15, -0.1) is 0 Å². The van der Waals surface area contributed by atoms with Gasteiger partial charge in [-0.1, -0.05) is 18.2 Å². The maximum Gasteiger partial charge on any atom is 0.220 e. The minimum Gasteiger partial charge on any atom is -0.394 e. The smallest absolute Gasteiger partial charge is 0.220 e. The van der Waals surface area contributed by atoms with Crippen molar-refractivity contribution in [2.24, 2.45) is 0 Å². The second-order valence-corrected chi connectivity index (χ2v) is 5.35. The van der Waals surface area contributed by atoms with E-state index < -0.39 is 0 Å². The van der Waals surface area contributed by atoms with Gasteiger partial charge in [-0.3, -0.25) is 4.79 Å². The molecule has 1 heterocycles. The van der Waals surface area contributed by atoms with E-state index in [1.807, 2.05) is 24.4 Å². The second kappa shape index (κ2) is 4.70. The lowest BCUT2D eigenvalue weighted by molar-refractivity contribution is -0.122. The number of H-pyrrole nitrogens is 1. The van der Waals surface area contributed by atoms with Crippen LogP contribution in [-0.4, -0.2) is 28.1 Å². The average molecular weight is 258 g/mol. The molecule has 4 heteroatoms. The highest BCUT2D eigenvalue weighted by atomic mass is 16.3. The Hall–Kier alpha value is -1.81. The van der Waals surface area contributed by atoms with Crippen molar-refractivity contribution in [1.29, 1.82) is 0 Å². The summed E-state index contributed by atoms with van der Waals surface area (Å²) in [5.41, 5.74) is 1.96. The number of aliphatic hydroxyl groups is 1. The number of para-hydroxylation sites is 1. The number of hydrogen-bond acceptors (Lipinski definition) is 2. The topological polar surface area (TPSA) is 65.1 Å². The van der Waals surface area contributed by atoms with Crippen LogP contribution in [0.2, 0.25) is 0 Å². The third kappa shape index (κ3) is 2.49. The number of aliphatic hydroxyl groups excluding tert-OH is 1. The fraction of sp³-hybridized carbons (Fsp3) is 0.400. The van der Waals surface area contributed by atoms with Crippen molar-refractivity contribution >= 4 is 16.8 Å². The van der Waals surface area contributed by atoms with Gasteiger partial charge in [-0.25, -0.2) is 0 Å². The molecule has 0 aliphatic heterocycles. The molecule has 1 saturated carbocycles. The summed E-state index contributed by atoms with van der Waals surface area (Å²) in [6.07, 6.45) is 4.93. The third-order valence-electron chi connectivity index (χ3n) is 3.86. The number of amides is 1. The fourth-order valence-electron chi connectivity index (χ4n) is 2.42. The van der Waals surface area contributed by atoms with Crippen LogP contribution in [0.15, 0.2) is 30.5 Å². The fourth-order valence-corrected chi connectivity index (χ4v) is 2.42. The van der Waals surface area contributed by atoms with Crippen LogP contribution in [0.1, 0.15) is 24.8 Å². The number of benzene rings is 1. The van der Waals surface area contributed by atoms with E-state index in [0.717, 1.165) is 24.8 Å². The van der Waals surface area contributed by atoms with Crippen LogP contribution in [0, 0.1) is 0 Å². The molecule has 1 amide bonds. The van der Waals surface area contributed by atoms with E-state index in [2.05, 4.69) is 16.4 Å². The Labute approximate surface area is 111 Å². The van der Waals surface area contributed by atoms with E-state index in [1.165, 1.54) is 10.9 Å². The lowest BCUT2D eigenvalue weighted by Gasteiger charge is -2.13. The van der Waals surface area contributed by atoms with Crippen molar-refractivity contribution in [2.75, 3.05) is 6.61 Å². The number of rotatable bonds is 5. The highest BCUT2D eigenvalue weighted by molar-refractivity contribution is 5.84. The van der Waals surface area contributed by atoms with Gasteiger partial charge in [-0.2, -0.15) is 0 Å². The van der Waals surface area contributed by atoms with E-state index in [4.69, 9.17) is 0 Å². The molecular weight excluding hydrogens is 240 g/mol. The van der Waals surface area contributed by atoms with Gasteiger partial charge in [0.15, 0.2) is 0 Å². The van der Waals surface area contributed by atoms with Crippen molar-refractivity contribution < 1.29 is 9.90 Å². The van der Waals surface area contributed by atoms with E-state index in [9.17, 15) is 9.90 Å². The van der Waals surface area contributed by atoms with Crippen LogP contribution >= 0.6 is 0 Å². The quantitative estimate of drug-likeness (QED) is 0.765. The van der Waals surface area contributed by atoms with Crippen LogP contribution in [0.5, 0.6) is 0 Å². The number of aromatic amines is 1. The molecule has 100 valence electrons. The first kappa shape index (κ1) is 12.2. The molecule has 3 N–H and O–H groups in total. The number of aromatic nitrogens is 1. The molecule has 1 aliphatic rings. The summed E-state index contributed by atoms with van der Waals surface area (Å²) in [7, 11) is 0. The number of fused-ring (bicyclic) bond motifs is 1. The van der Waals surface area contributed by atoms with Crippen molar-refractivity contribution in [2.45, 2.75) is 31.2 Å². The summed E-state index contributed by atoms with van der Waals surface area (Å²) in [6.45, 7) is 0.0474. The molecule has 0 atom stereocenters. The SMILES string of the molecule is O=C(CCc1c[nH]c2ccccc12)NC1(CO)CC1. The van der Waals surface area contributed by atoms with E-state index in [-0.39, 0.29) is 18.1 Å². The van der Waals surface area contributed by atoms with E-state index in [1.54, 1.807) is 0 Å². The Morgan fingerprint density at radius 2 is 2.16 bits per heavy atom. The standard InChI is InChI=1S/C15H18N2O2/c18-10-15(7-8-15)17-14(19)6-5-11-9-16-13-4-2-1-3-12(11)13/h1-4,9,16,18H,5-8,10H2,(H,17,19). The Balaban J connectivity index is 1.61.